The zero-order chi connectivity index (χ0) is 18.8. The first-order chi connectivity index (χ1) is 12.7. The summed E-state index contributed by atoms with van der Waals surface area (Å²) in [6.45, 7) is 3.02. The van der Waals surface area contributed by atoms with Crippen LogP contribution in [0.2, 0.25) is 5.02 Å². The molecule has 5 nitrogen and oxygen atoms in total. The SMILES string of the molecule is C#CCOc1c(Cl)cc(/C=N/NCc2ccccc2OC)cc1OCC. The fourth-order valence-corrected chi connectivity index (χ4v) is 2.55. The van der Waals surface area contributed by atoms with Crippen LogP contribution in [0.25, 0.3) is 0 Å². The zero-order valence-electron chi connectivity index (χ0n) is 14.8. The number of halogens is 1. The van der Waals surface area contributed by atoms with Gasteiger partial charge in [-0.3, -0.25) is 0 Å². The second-order valence-corrected chi connectivity index (χ2v) is 5.57. The molecule has 0 aliphatic rings. The Bertz CT molecular complexity index is 800. The minimum Gasteiger partial charge on any atom is -0.496 e. The predicted molar refractivity (Wildman–Crippen MR) is 104 cm³/mol. The first-order valence-corrected chi connectivity index (χ1v) is 8.47. The summed E-state index contributed by atoms with van der Waals surface area (Å²) >= 11 is 6.28. The summed E-state index contributed by atoms with van der Waals surface area (Å²) in [6.07, 6.45) is 6.89. The number of hydrazone groups is 1. The average molecular weight is 373 g/mol. The smallest absolute Gasteiger partial charge is 0.181 e. The molecule has 0 aliphatic heterocycles. The van der Waals surface area contributed by atoms with E-state index in [1.165, 1.54) is 0 Å². The lowest BCUT2D eigenvalue weighted by Crippen LogP contribution is -2.07. The van der Waals surface area contributed by atoms with Crippen molar-refractivity contribution in [3.63, 3.8) is 0 Å². The number of benzene rings is 2. The Balaban J connectivity index is 2.08. The summed E-state index contributed by atoms with van der Waals surface area (Å²) in [6, 6.07) is 11.3. The van der Waals surface area contributed by atoms with Crippen LogP contribution in [0.15, 0.2) is 41.5 Å². The third kappa shape index (κ3) is 5.33. The van der Waals surface area contributed by atoms with Crippen LogP contribution in [0.5, 0.6) is 17.2 Å². The molecule has 136 valence electrons. The van der Waals surface area contributed by atoms with Gasteiger partial charge in [0.05, 0.1) is 31.5 Å². The van der Waals surface area contributed by atoms with Crippen molar-refractivity contribution in [1.29, 1.82) is 0 Å². The monoisotopic (exact) mass is 372 g/mol. The van der Waals surface area contributed by atoms with Crippen LogP contribution in [0.3, 0.4) is 0 Å². The first kappa shape index (κ1) is 19.5. The van der Waals surface area contributed by atoms with E-state index in [0.29, 0.717) is 29.7 Å². The fraction of sp³-hybridized carbons (Fsp3) is 0.250. The van der Waals surface area contributed by atoms with Crippen molar-refractivity contribution >= 4 is 17.8 Å². The molecule has 0 saturated carbocycles. The first-order valence-electron chi connectivity index (χ1n) is 8.10. The average Bonchev–Trinajstić information content (AvgIpc) is 2.65. The fourth-order valence-electron chi connectivity index (χ4n) is 2.28. The quantitative estimate of drug-likeness (QED) is 0.412. The number of ether oxygens (including phenoxy) is 3. The number of terminal acetylenes is 1. The molecule has 6 heteroatoms. The van der Waals surface area contributed by atoms with E-state index in [9.17, 15) is 0 Å². The Morgan fingerprint density at radius 1 is 1.23 bits per heavy atom. The lowest BCUT2D eigenvalue weighted by Gasteiger charge is -2.13. The van der Waals surface area contributed by atoms with Crippen LogP contribution in [0.4, 0.5) is 0 Å². The molecular weight excluding hydrogens is 352 g/mol. The molecule has 0 aromatic heterocycles. The van der Waals surface area contributed by atoms with Crippen molar-refractivity contribution < 1.29 is 14.2 Å². The van der Waals surface area contributed by atoms with Gasteiger partial charge in [-0.15, -0.1) is 6.42 Å². The highest BCUT2D eigenvalue weighted by atomic mass is 35.5. The van der Waals surface area contributed by atoms with Gasteiger partial charge < -0.3 is 19.6 Å². The molecule has 2 rings (SSSR count). The summed E-state index contributed by atoms with van der Waals surface area (Å²) < 4.78 is 16.4. The molecule has 0 amide bonds. The highest BCUT2D eigenvalue weighted by molar-refractivity contribution is 6.32. The van der Waals surface area contributed by atoms with Crippen LogP contribution in [-0.2, 0) is 6.54 Å². The van der Waals surface area contributed by atoms with Gasteiger partial charge in [-0.25, -0.2) is 0 Å². The van der Waals surface area contributed by atoms with Gasteiger partial charge in [0.15, 0.2) is 11.5 Å². The third-order valence-corrected chi connectivity index (χ3v) is 3.68. The van der Waals surface area contributed by atoms with Crippen LogP contribution < -0.4 is 19.6 Å². The highest BCUT2D eigenvalue weighted by Crippen LogP contribution is 2.36. The van der Waals surface area contributed by atoms with E-state index >= 15 is 0 Å². The predicted octanol–water partition coefficient (Wildman–Crippen LogP) is 3.88. The number of methoxy groups -OCH3 is 1. The van der Waals surface area contributed by atoms with Gasteiger partial charge in [0.2, 0.25) is 0 Å². The third-order valence-electron chi connectivity index (χ3n) is 3.40. The van der Waals surface area contributed by atoms with Crippen molar-refractivity contribution in [2.24, 2.45) is 5.10 Å². The molecule has 0 unspecified atom stereocenters. The van der Waals surface area contributed by atoms with Crippen LogP contribution in [0, 0.1) is 12.3 Å². The molecule has 0 spiro atoms. The Labute approximate surface area is 158 Å². The van der Waals surface area contributed by atoms with E-state index in [2.05, 4.69) is 16.4 Å². The van der Waals surface area contributed by atoms with E-state index in [4.69, 9.17) is 32.2 Å². The maximum absolute atomic E-state index is 6.28. The van der Waals surface area contributed by atoms with Crippen molar-refractivity contribution in [2.45, 2.75) is 13.5 Å². The van der Waals surface area contributed by atoms with E-state index < -0.39 is 0 Å². The summed E-state index contributed by atoms with van der Waals surface area (Å²) in [5.41, 5.74) is 4.78. The number of hydrogen-bond acceptors (Lipinski definition) is 5. The summed E-state index contributed by atoms with van der Waals surface area (Å²) in [5.74, 6) is 4.19. The van der Waals surface area contributed by atoms with E-state index in [1.54, 1.807) is 25.5 Å². The van der Waals surface area contributed by atoms with Crippen LogP contribution in [0.1, 0.15) is 18.1 Å². The van der Waals surface area contributed by atoms with Gasteiger partial charge in [0.1, 0.15) is 12.4 Å². The minimum atomic E-state index is 0.119. The molecule has 0 radical (unpaired) electrons. The van der Waals surface area contributed by atoms with Crippen molar-refractivity contribution in [3.05, 3.63) is 52.5 Å². The van der Waals surface area contributed by atoms with Gasteiger partial charge >= 0.3 is 0 Å². The van der Waals surface area contributed by atoms with Crippen LogP contribution >= 0.6 is 11.6 Å². The van der Waals surface area contributed by atoms with Gasteiger partial charge in [-0.05, 0) is 30.7 Å². The number of nitrogens with one attached hydrogen (secondary N) is 1. The molecule has 0 saturated heterocycles. The molecule has 1 N–H and O–H groups in total. The highest BCUT2D eigenvalue weighted by Gasteiger charge is 2.11. The Morgan fingerprint density at radius 2 is 2.04 bits per heavy atom. The number of nitrogens with zero attached hydrogens (tertiary/aromatic N) is 1. The van der Waals surface area contributed by atoms with Gasteiger partial charge in [0.25, 0.3) is 0 Å². The Hall–Kier alpha value is -2.84. The van der Waals surface area contributed by atoms with Gasteiger partial charge in [0, 0.05) is 5.56 Å². The van der Waals surface area contributed by atoms with Crippen molar-refractivity contribution in [1.82, 2.24) is 5.43 Å². The molecule has 0 aliphatic carbocycles. The topological polar surface area (TPSA) is 52.1 Å². The minimum absolute atomic E-state index is 0.119. The van der Waals surface area contributed by atoms with E-state index in [1.807, 2.05) is 31.2 Å². The largest absolute Gasteiger partial charge is 0.496 e. The summed E-state index contributed by atoms with van der Waals surface area (Å²) in [7, 11) is 1.64. The molecule has 0 heterocycles. The number of para-hydroxylation sites is 1. The molecule has 26 heavy (non-hydrogen) atoms. The maximum Gasteiger partial charge on any atom is 0.181 e. The van der Waals surface area contributed by atoms with E-state index in [0.717, 1.165) is 16.9 Å². The molecule has 2 aromatic carbocycles. The Morgan fingerprint density at radius 3 is 2.77 bits per heavy atom. The second-order valence-electron chi connectivity index (χ2n) is 5.16. The maximum atomic E-state index is 6.28. The molecule has 2 aromatic rings. The molecule has 0 bridgehead atoms. The van der Waals surface area contributed by atoms with Crippen LogP contribution in [-0.4, -0.2) is 26.5 Å². The standard InChI is InChI=1S/C20H21ClN2O3/c1-4-10-26-20-17(21)11-15(12-19(20)25-5-2)13-22-23-14-16-8-6-7-9-18(16)24-3/h1,6-9,11-13,23H,5,10,14H2,2-3H3/b22-13+. The van der Waals surface area contributed by atoms with Crippen molar-refractivity contribution in [3.8, 4) is 29.6 Å². The lowest BCUT2D eigenvalue weighted by atomic mass is 10.2. The second kappa shape index (κ2) is 10.2. The Kier molecular flexibility index (Phi) is 7.66. The van der Waals surface area contributed by atoms with E-state index in [-0.39, 0.29) is 6.61 Å². The van der Waals surface area contributed by atoms with Crippen molar-refractivity contribution in [2.75, 3.05) is 20.3 Å². The summed E-state index contributed by atoms with van der Waals surface area (Å²) in [4.78, 5) is 0. The molecule has 0 fully saturated rings. The number of rotatable bonds is 9. The van der Waals surface area contributed by atoms with Gasteiger partial charge in [-0.1, -0.05) is 35.7 Å². The normalized spacial score (nSPS) is 10.4. The zero-order valence-corrected chi connectivity index (χ0v) is 15.5. The summed E-state index contributed by atoms with van der Waals surface area (Å²) in [5, 5.41) is 4.64. The lowest BCUT2D eigenvalue weighted by molar-refractivity contribution is 0.299. The molecule has 0 atom stereocenters. The number of hydrogen-bond donors (Lipinski definition) is 1. The molecular formula is C20H21ClN2O3. The van der Waals surface area contributed by atoms with Gasteiger partial charge in [-0.2, -0.15) is 5.10 Å².